The van der Waals surface area contributed by atoms with E-state index < -0.39 is 11.3 Å². The van der Waals surface area contributed by atoms with E-state index in [1.165, 1.54) is 30.3 Å². The number of benzene rings is 2. The SMILES string of the molecule is O=S(O)Nc1cc(Cl)cc(-c2ccc(Oc3ccc(F)cc3)cc2)n1. The number of rotatable bonds is 5. The van der Waals surface area contributed by atoms with Crippen molar-refractivity contribution in [3.63, 3.8) is 0 Å². The lowest BCUT2D eigenvalue weighted by molar-refractivity contribution is 0.480. The fraction of sp³-hybridized carbons (Fsp3) is 0. The molecule has 0 spiro atoms. The molecule has 0 bridgehead atoms. The third-order valence-electron chi connectivity index (χ3n) is 3.18. The first kappa shape index (κ1) is 17.3. The van der Waals surface area contributed by atoms with Gasteiger partial charge >= 0.3 is 0 Å². The Labute approximate surface area is 150 Å². The highest BCUT2D eigenvalue weighted by atomic mass is 35.5. The van der Waals surface area contributed by atoms with E-state index in [1.807, 2.05) is 0 Å². The van der Waals surface area contributed by atoms with Gasteiger partial charge in [-0.1, -0.05) is 11.6 Å². The Morgan fingerprint density at radius 1 is 1.04 bits per heavy atom. The molecule has 0 saturated carbocycles. The molecule has 0 aliphatic rings. The summed E-state index contributed by atoms with van der Waals surface area (Å²) in [5.41, 5.74) is 1.29. The zero-order chi connectivity index (χ0) is 17.8. The molecule has 0 saturated heterocycles. The van der Waals surface area contributed by atoms with Crippen molar-refractivity contribution >= 4 is 28.7 Å². The number of pyridine rings is 1. The first-order valence-corrected chi connectivity index (χ1v) is 8.57. The number of aromatic nitrogens is 1. The maximum atomic E-state index is 12.9. The normalized spacial score (nSPS) is 11.8. The molecule has 1 heterocycles. The molecular formula is C17H12ClFN2O3S. The number of anilines is 1. The van der Waals surface area contributed by atoms with Gasteiger partial charge in [-0.05, 0) is 54.6 Å². The molecule has 2 aromatic carbocycles. The van der Waals surface area contributed by atoms with Crippen molar-refractivity contribution in [2.75, 3.05) is 4.72 Å². The molecule has 0 fully saturated rings. The van der Waals surface area contributed by atoms with Crippen molar-refractivity contribution in [3.8, 4) is 22.8 Å². The number of nitrogens with one attached hydrogen (secondary N) is 1. The third-order valence-corrected chi connectivity index (χ3v) is 3.78. The molecule has 1 atom stereocenters. The fourth-order valence-corrected chi connectivity index (χ4v) is 2.61. The van der Waals surface area contributed by atoms with Gasteiger partial charge in [0, 0.05) is 16.7 Å². The van der Waals surface area contributed by atoms with Crippen molar-refractivity contribution in [1.82, 2.24) is 4.98 Å². The average molecular weight is 379 g/mol. The molecule has 0 radical (unpaired) electrons. The fourth-order valence-electron chi connectivity index (χ4n) is 2.12. The van der Waals surface area contributed by atoms with Gasteiger partial charge in [0.05, 0.1) is 5.69 Å². The van der Waals surface area contributed by atoms with Gasteiger partial charge in [0.25, 0.3) is 11.3 Å². The summed E-state index contributed by atoms with van der Waals surface area (Å²) < 4.78 is 40.5. The topological polar surface area (TPSA) is 71.5 Å². The van der Waals surface area contributed by atoms with Crippen LogP contribution in [-0.2, 0) is 11.3 Å². The molecule has 3 aromatic rings. The van der Waals surface area contributed by atoms with Crippen LogP contribution < -0.4 is 9.46 Å². The lowest BCUT2D eigenvalue weighted by Crippen LogP contribution is -2.04. The van der Waals surface area contributed by atoms with Gasteiger partial charge in [-0.25, -0.2) is 13.6 Å². The maximum Gasteiger partial charge on any atom is 0.260 e. The van der Waals surface area contributed by atoms with Gasteiger partial charge in [-0.15, -0.1) is 0 Å². The summed E-state index contributed by atoms with van der Waals surface area (Å²) in [6, 6.07) is 15.8. The van der Waals surface area contributed by atoms with Crippen LogP contribution in [0, 0.1) is 5.82 Å². The summed E-state index contributed by atoms with van der Waals surface area (Å²) in [7, 11) is 0. The van der Waals surface area contributed by atoms with E-state index in [4.69, 9.17) is 20.9 Å². The Kier molecular flexibility index (Phi) is 5.28. The molecule has 1 aromatic heterocycles. The first-order valence-electron chi connectivity index (χ1n) is 7.08. The van der Waals surface area contributed by atoms with Crippen LogP contribution >= 0.6 is 11.6 Å². The Morgan fingerprint density at radius 2 is 1.64 bits per heavy atom. The van der Waals surface area contributed by atoms with Crippen LogP contribution in [0.4, 0.5) is 10.2 Å². The molecule has 2 N–H and O–H groups in total. The molecule has 0 amide bonds. The van der Waals surface area contributed by atoms with E-state index in [0.29, 0.717) is 22.2 Å². The van der Waals surface area contributed by atoms with Crippen LogP contribution in [0.5, 0.6) is 11.5 Å². The van der Waals surface area contributed by atoms with Crippen LogP contribution in [0.1, 0.15) is 0 Å². The molecule has 0 aliphatic heterocycles. The number of halogens is 2. The largest absolute Gasteiger partial charge is 0.457 e. The number of ether oxygens (including phenoxy) is 1. The highest BCUT2D eigenvalue weighted by Gasteiger charge is 2.07. The second kappa shape index (κ2) is 7.60. The molecule has 128 valence electrons. The van der Waals surface area contributed by atoms with Gasteiger partial charge in [0.1, 0.15) is 23.1 Å². The van der Waals surface area contributed by atoms with Crippen LogP contribution in [0.15, 0.2) is 60.7 Å². The Bertz CT molecular complexity index is 905. The second-order valence-electron chi connectivity index (χ2n) is 4.99. The second-order valence-corrected chi connectivity index (χ2v) is 6.13. The van der Waals surface area contributed by atoms with Crippen LogP contribution in [0.2, 0.25) is 5.02 Å². The van der Waals surface area contributed by atoms with Crippen LogP contribution in [-0.4, -0.2) is 13.7 Å². The average Bonchev–Trinajstić information content (AvgIpc) is 2.56. The van der Waals surface area contributed by atoms with Crippen molar-refractivity contribution < 1.29 is 17.9 Å². The minimum atomic E-state index is -2.24. The van der Waals surface area contributed by atoms with E-state index in [0.717, 1.165) is 5.56 Å². The summed E-state index contributed by atoms with van der Waals surface area (Å²) in [5.74, 6) is 0.956. The lowest BCUT2D eigenvalue weighted by Gasteiger charge is -2.08. The Balaban J connectivity index is 1.81. The van der Waals surface area contributed by atoms with E-state index in [2.05, 4.69) is 9.71 Å². The molecule has 25 heavy (non-hydrogen) atoms. The number of hydrogen-bond acceptors (Lipinski definition) is 3. The third kappa shape index (κ3) is 4.76. The van der Waals surface area contributed by atoms with E-state index in [-0.39, 0.29) is 11.6 Å². The lowest BCUT2D eigenvalue weighted by atomic mass is 10.1. The highest BCUT2D eigenvalue weighted by Crippen LogP contribution is 2.27. The van der Waals surface area contributed by atoms with Gasteiger partial charge in [-0.3, -0.25) is 9.27 Å². The van der Waals surface area contributed by atoms with Crippen molar-refractivity contribution in [2.24, 2.45) is 0 Å². The van der Waals surface area contributed by atoms with E-state index >= 15 is 0 Å². The summed E-state index contributed by atoms with van der Waals surface area (Å²) >= 11 is 3.78. The zero-order valence-corrected chi connectivity index (χ0v) is 14.2. The minimum Gasteiger partial charge on any atom is -0.457 e. The summed E-state index contributed by atoms with van der Waals surface area (Å²) in [6.45, 7) is 0. The van der Waals surface area contributed by atoms with Crippen molar-refractivity contribution in [3.05, 3.63) is 71.5 Å². The molecule has 3 rings (SSSR count). The monoisotopic (exact) mass is 378 g/mol. The van der Waals surface area contributed by atoms with Gasteiger partial charge in [-0.2, -0.15) is 0 Å². The Morgan fingerprint density at radius 3 is 2.24 bits per heavy atom. The first-order chi connectivity index (χ1) is 12.0. The van der Waals surface area contributed by atoms with Crippen LogP contribution in [0.3, 0.4) is 0 Å². The quantitative estimate of drug-likeness (QED) is 0.620. The predicted octanol–water partition coefficient (Wildman–Crippen LogP) is 4.88. The van der Waals surface area contributed by atoms with Crippen molar-refractivity contribution in [1.29, 1.82) is 0 Å². The summed E-state index contributed by atoms with van der Waals surface area (Å²) in [5, 5.41) is 0.379. The van der Waals surface area contributed by atoms with Gasteiger partial charge in [0.15, 0.2) is 0 Å². The highest BCUT2D eigenvalue weighted by molar-refractivity contribution is 7.80. The summed E-state index contributed by atoms with van der Waals surface area (Å²) in [6.07, 6.45) is 0. The molecule has 8 heteroatoms. The van der Waals surface area contributed by atoms with Crippen LogP contribution in [0.25, 0.3) is 11.3 Å². The molecular weight excluding hydrogens is 367 g/mol. The predicted molar refractivity (Wildman–Crippen MR) is 95.6 cm³/mol. The van der Waals surface area contributed by atoms with Crippen molar-refractivity contribution in [2.45, 2.75) is 0 Å². The molecule has 5 nitrogen and oxygen atoms in total. The van der Waals surface area contributed by atoms with E-state index in [9.17, 15) is 8.60 Å². The number of hydrogen-bond donors (Lipinski definition) is 2. The maximum absolute atomic E-state index is 12.9. The molecule has 1 unspecified atom stereocenters. The summed E-state index contributed by atoms with van der Waals surface area (Å²) in [4.78, 5) is 4.24. The van der Waals surface area contributed by atoms with Gasteiger partial charge in [0.2, 0.25) is 0 Å². The minimum absolute atomic E-state index is 0.190. The van der Waals surface area contributed by atoms with Gasteiger partial charge < -0.3 is 4.74 Å². The van der Waals surface area contributed by atoms with E-state index in [1.54, 1.807) is 30.3 Å². The number of nitrogens with zero attached hydrogens (tertiary/aromatic N) is 1. The smallest absolute Gasteiger partial charge is 0.260 e. The standard InChI is InChI=1S/C17H12ClFN2O3S/c18-12-9-16(20-17(10-12)21-25(22)23)11-1-5-14(6-2-11)24-15-7-3-13(19)4-8-15/h1-10H,(H,20,21)(H,22,23). The zero-order valence-electron chi connectivity index (χ0n) is 12.6. The Hall–Kier alpha value is -2.48. The molecule has 0 aliphatic carbocycles.